The van der Waals surface area contributed by atoms with Crippen LogP contribution in [0.15, 0.2) is 25.3 Å². The zero-order valence-corrected chi connectivity index (χ0v) is 9.00. The largest absolute Gasteiger partial charge is 0.103 e. The molecule has 0 bridgehead atoms. The average Bonchev–Trinajstić information content (AvgIpc) is 2.16. The van der Waals surface area contributed by atoms with Crippen LogP contribution < -0.4 is 0 Å². The molecule has 13 heavy (non-hydrogen) atoms. The van der Waals surface area contributed by atoms with Crippen molar-refractivity contribution >= 4 is 0 Å². The molecule has 0 spiro atoms. The van der Waals surface area contributed by atoms with Gasteiger partial charge in [-0.05, 0) is 42.9 Å². The molecular formula is C13H22. The highest BCUT2D eigenvalue weighted by molar-refractivity contribution is 4.97. The summed E-state index contributed by atoms with van der Waals surface area (Å²) in [5, 5.41) is 0. The van der Waals surface area contributed by atoms with Gasteiger partial charge in [0.25, 0.3) is 0 Å². The van der Waals surface area contributed by atoms with Crippen LogP contribution >= 0.6 is 0 Å². The van der Waals surface area contributed by atoms with Crippen LogP contribution in [0.5, 0.6) is 0 Å². The first-order valence-corrected chi connectivity index (χ1v) is 5.44. The first-order chi connectivity index (χ1) is 6.19. The van der Waals surface area contributed by atoms with Gasteiger partial charge in [0, 0.05) is 0 Å². The van der Waals surface area contributed by atoms with Crippen molar-refractivity contribution in [3.8, 4) is 0 Å². The molecule has 0 amide bonds. The lowest BCUT2D eigenvalue weighted by atomic mass is 9.71. The molecule has 0 N–H and O–H groups in total. The molecule has 0 heterocycles. The lowest BCUT2D eigenvalue weighted by Crippen LogP contribution is -2.24. The van der Waals surface area contributed by atoms with E-state index >= 15 is 0 Å². The quantitative estimate of drug-likeness (QED) is 0.572. The molecule has 3 unspecified atom stereocenters. The molecule has 1 saturated carbocycles. The molecule has 0 nitrogen and oxygen atoms in total. The Kier molecular flexibility index (Phi) is 3.77. The summed E-state index contributed by atoms with van der Waals surface area (Å²) in [6, 6.07) is 0. The SMILES string of the molecule is C=CC1CCC(C(C)C)CC1C=C. The van der Waals surface area contributed by atoms with Gasteiger partial charge in [-0.2, -0.15) is 0 Å². The molecule has 1 rings (SSSR count). The van der Waals surface area contributed by atoms with E-state index in [2.05, 4.69) is 39.2 Å². The first-order valence-electron chi connectivity index (χ1n) is 5.44. The van der Waals surface area contributed by atoms with Crippen LogP contribution in [0.2, 0.25) is 0 Å². The van der Waals surface area contributed by atoms with E-state index in [1.165, 1.54) is 19.3 Å². The molecule has 74 valence electrons. The highest BCUT2D eigenvalue weighted by Gasteiger charge is 2.27. The smallest absolute Gasteiger partial charge is 0.0171 e. The molecule has 0 heteroatoms. The van der Waals surface area contributed by atoms with Crippen LogP contribution in [0.1, 0.15) is 33.1 Å². The standard InChI is InChI=1S/C13H22/c1-5-11-7-8-13(10(3)4)9-12(11)6-2/h5-6,10-13H,1-2,7-9H2,3-4H3. The predicted molar refractivity (Wildman–Crippen MR) is 59.6 cm³/mol. The van der Waals surface area contributed by atoms with E-state index in [9.17, 15) is 0 Å². The summed E-state index contributed by atoms with van der Waals surface area (Å²) >= 11 is 0. The van der Waals surface area contributed by atoms with Crippen LogP contribution in [0.25, 0.3) is 0 Å². The van der Waals surface area contributed by atoms with Crippen LogP contribution in [0, 0.1) is 23.7 Å². The van der Waals surface area contributed by atoms with Gasteiger partial charge < -0.3 is 0 Å². The fraction of sp³-hybridized carbons (Fsp3) is 0.692. The monoisotopic (exact) mass is 178 g/mol. The van der Waals surface area contributed by atoms with Gasteiger partial charge in [0.2, 0.25) is 0 Å². The molecule has 0 aromatic heterocycles. The van der Waals surface area contributed by atoms with Gasteiger partial charge in [-0.1, -0.05) is 26.0 Å². The van der Waals surface area contributed by atoms with Gasteiger partial charge in [-0.25, -0.2) is 0 Å². The number of hydrogen-bond acceptors (Lipinski definition) is 0. The molecule has 0 aliphatic heterocycles. The maximum Gasteiger partial charge on any atom is -0.0171 e. The van der Waals surface area contributed by atoms with Crippen molar-refractivity contribution in [1.29, 1.82) is 0 Å². The molecule has 1 aliphatic rings. The topological polar surface area (TPSA) is 0 Å². The summed E-state index contributed by atoms with van der Waals surface area (Å²) in [4.78, 5) is 0. The first kappa shape index (κ1) is 10.6. The maximum atomic E-state index is 3.93. The summed E-state index contributed by atoms with van der Waals surface area (Å²) < 4.78 is 0. The van der Waals surface area contributed by atoms with Crippen LogP contribution in [-0.4, -0.2) is 0 Å². The Morgan fingerprint density at radius 3 is 2.15 bits per heavy atom. The molecule has 0 aromatic rings. The van der Waals surface area contributed by atoms with Gasteiger partial charge in [-0.3, -0.25) is 0 Å². The lowest BCUT2D eigenvalue weighted by Gasteiger charge is -2.34. The number of allylic oxidation sites excluding steroid dienone is 2. The highest BCUT2D eigenvalue weighted by Crippen LogP contribution is 2.38. The Morgan fingerprint density at radius 1 is 1.08 bits per heavy atom. The van der Waals surface area contributed by atoms with Crippen LogP contribution in [-0.2, 0) is 0 Å². The van der Waals surface area contributed by atoms with Crippen molar-refractivity contribution < 1.29 is 0 Å². The lowest BCUT2D eigenvalue weighted by molar-refractivity contribution is 0.204. The summed E-state index contributed by atoms with van der Waals surface area (Å²) in [7, 11) is 0. The van der Waals surface area contributed by atoms with Gasteiger partial charge in [0.1, 0.15) is 0 Å². The van der Waals surface area contributed by atoms with Gasteiger partial charge in [-0.15, -0.1) is 13.2 Å². The second-order valence-electron chi connectivity index (χ2n) is 4.62. The zero-order chi connectivity index (χ0) is 9.84. The van der Waals surface area contributed by atoms with Gasteiger partial charge >= 0.3 is 0 Å². The molecule has 1 fully saturated rings. The Balaban J connectivity index is 2.57. The third kappa shape index (κ3) is 2.46. The molecule has 0 saturated heterocycles. The summed E-state index contributed by atoms with van der Waals surface area (Å²) in [5.41, 5.74) is 0. The molecule has 0 aromatic carbocycles. The van der Waals surface area contributed by atoms with E-state index < -0.39 is 0 Å². The Hall–Kier alpha value is -0.520. The van der Waals surface area contributed by atoms with Crippen LogP contribution in [0.3, 0.4) is 0 Å². The minimum absolute atomic E-state index is 0.679. The highest BCUT2D eigenvalue weighted by atomic mass is 14.3. The third-order valence-electron chi connectivity index (χ3n) is 3.54. The van der Waals surface area contributed by atoms with Crippen molar-refractivity contribution in [3.63, 3.8) is 0 Å². The summed E-state index contributed by atoms with van der Waals surface area (Å²) in [6.45, 7) is 12.5. The number of rotatable bonds is 3. The van der Waals surface area contributed by atoms with E-state index in [1.807, 2.05) is 0 Å². The van der Waals surface area contributed by atoms with Crippen molar-refractivity contribution in [3.05, 3.63) is 25.3 Å². The van der Waals surface area contributed by atoms with Crippen molar-refractivity contribution in [1.82, 2.24) is 0 Å². The fourth-order valence-electron chi connectivity index (χ4n) is 2.43. The van der Waals surface area contributed by atoms with Crippen LogP contribution in [0.4, 0.5) is 0 Å². The van der Waals surface area contributed by atoms with E-state index in [-0.39, 0.29) is 0 Å². The second kappa shape index (κ2) is 4.64. The Morgan fingerprint density at radius 2 is 1.69 bits per heavy atom. The molecular weight excluding hydrogens is 156 g/mol. The molecule has 3 atom stereocenters. The van der Waals surface area contributed by atoms with Crippen molar-refractivity contribution in [2.45, 2.75) is 33.1 Å². The summed E-state index contributed by atoms with van der Waals surface area (Å²) in [6.07, 6.45) is 8.24. The van der Waals surface area contributed by atoms with Gasteiger partial charge in [0.05, 0.1) is 0 Å². The Bertz CT molecular complexity index is 178. The van der Waals surface area contributed by atoms with E-state index in [0.29, 0.717) is 11.8 Å². The van der Waals surface area contributed by atoms with Gasteiger partial charge in [0.15, 0.2) is 0 Å². The minimum Gasteiger partial charge on any atom is -0.103 e. The average molecular weight is 178 g/mol. The van der Waals surface area contributed by atoms with E-state index in [0.717, 1.165) is 11.8 Å². The van der Waals surface area contributed by atoms with E-state index in [1.54, 1.807) is 0 Å². The van der Waals surface area contributed by atoms with Crippen molar-refractivity contribution in [2.24, 2.45) is 23.7 Å². The summed E-state index contributed by atoms with van der Waals surface area (Å²) in [5.74, 6) is 3.10. The predicted octanol–water partition coefficient (Wildman–Crippen LogP) is 4.05. The molecule has 1 aliphatic carbocycles. The van der Waals surface area contributed by atoms with Crippen molar-refractivity contribution in [2.75, 3.05) is 0 Å². The second-order valence-corrected chi connectivity index (χ2v) is 4.62. The fourth-order valence-corrected chi connectivity index (χ4v) is 2.43. The third-order valence-corrected chi connectivity index (χ3v) is 3.54. The number of hydrogen-bond donors (Lipinski definition) is 0. The Labute approximate surface area is 82.7 Å². The van der Waals surface area contributed by atoms with E-state index in [4.69, 9.17) is 0 Å². The normalized spacial score (nSPS) is 34.5. The maximum absolute atomic E-state index is 3.93. The zero-order valence-electron chi connectivity index (χ0n) is 9.00. The molecule has 0 radical (unpaired) electrons. The minimum atomic E-state index is 0.679.